The van der Waals surface area contributed by atoms with Crippen molar-refractivity contribution in [2.45, 2.75) is 19.3 Å². The van der Waals surface area contributed by atoms with Crippen LogP contribution >= 0.6 is 0 Å². The van der Waals surface area contributed by atoms with Gasteiger partial charge in [0.05, 0.1) is 7.11 Å². The summed E-state index contributed by atoms with van der Waals surface area (Å²) in [7, 11) is 1.61. The fraction of sp³-hybridized carbons (Fsp3) is 0.235. The Hall–Kier alpha value is -2.29. The molecule has 0 bridgehead atoms. The Morgan fingerprint density at radius 2 is 1.70 bits per heavy atom. The highest BCUT2D eigenvalue weighted by Gasteiger charge is 2.20. The molecule has 3 nitrogen and oxygen atoms in total. The van der Waals surface area contributed by atoms with Gasteiger partial charge in [0.2, 0.25) is 0 Å². The first-order valence-electron chi connectivity index (χ1n) is 6.69. The van der Waals surface area contributed by atoms with E-state index in [0.29, 0.717) is 11.3 Å². The number of ketones is 1. The molecule has 1 unspecified atom stereocenters. The lowest BCUT2D eigenvalue weighted by molar-refractivity contribution is 0.0957. The standard InChI is InChI=1S/C17H19NO2/c1-3-16(12-4-8-14(18)9-5-12)17(19)13-6-10-15(20-2)11-7-13/h4-11,16H,3,18H2,1-2H3. The van der Waals surface area contributed by atoms with Crippen molar-refractivity contribution in [2.75, 3.05) is 12.8 Å². The van der Waals surface area contributed by atoms with E-state index in [9.17, 15) is 4.79 Å². The zero-order valence-electron chi connectivity index (χ0n) is 11.8. The Bertz CT molecular complexity index is 573. The predicted octanol–water partition coefficient (Wildman–Crippen LogP) is 3.65. The molecule has 0 amide bonds. The number of Topliss-reactive ketones (excluding diaryl/α,β-unsaturated/α-hetero) is 1. The van der Waals surface area contributed by atoms with Crippen molar-refractivity contribution in [3.63, 3.8) is 0 Å². The molecule has 2 N–H and O–H groups in total. The maximum Gasteiger partial charge on any atom is 0.170 e. The molecular weight excluding hydrogens is 250 g/mol. The van der Waals surface area contributed by atoms with E-state index in [1.165, 1.54) is 0 Å². The van der Waals surface area contributed by atoms with Crippen molar-refractivity contribution in [1.29, 1.82) is 0 Å². The molecule has 20 heavy (non-hydrogen) atoms. The average molecular weight is 269 g/mol. The van der Waals surface area contributed by atoms with Crippen LogP contribution in [0, 0.1) is 0 Å². The molecule has 2 aromatic carbocycles. The first-order chi connectivity index (χ1) is 9.65. The van der Waals surface area contributed by atoms with Crippen LogP contribution < -0.4 is 10.5 Å². The molecule has 0 fully saturated rings. The van der Waals surface area contributed by atoms with E-state index in [1.54, 1.807) is 19.2 Å². The van der Waals surface area contributed by atoms with Crippen molar-refractivity contribution in [3.05, 3.63) is 59.7 Å². The molecule has 0 heterocycles. The third-order valence-electron chi connectivity index (χ3n) is 3.44. The molecule has 0 radical (unpaired) electrons. The minimum Gasteiger partial charge on any atom is -0.497 e. The van der Waals surface area contributed by atoms with Crippen LogP contribution in [0.1, 0.15) is 35.2 Å². The highest BCUT2D eigenvalue weighted by molar-refractivity contribution is 6.01. The minimum atomic E-state index is -0.135. The summed E-state index contributed by atoms with van der Waals surface area (Å²) in [6.45, 7) is 2.02. The van der Waals surface area contributed by atoms with E-state index >= 15 is 0 Å². The molecule has 0 aliphatic rings. The topological polar surface area (TPSA) is 52.3 Å². The van der Waals surface area contributed by atoms with Crippen LogP contribution in [0.2, 0.25) is 0 Å². The Labute approximate surface area is 119 Å². The fourth-order valence-corrected chi connectivity index (χ4v) is 2.26. The van der Waals surface area contributed by atoms with E-state index in [4.69, 9.17) is 10.5 Å². The molecular formula is C17H19NO2. The highest BCUT2D eigenvalue weighted by Crippen LogP contribution is 2.26. The number of ether oxygens (including phenoxy) is 1. The van der Waals surface area contributed by atoms with Crippen molar-refractivity contribution >= 4 is 11.5 Å². The summed E-state index contributed by atoms with van der Waals surface area (Å²) >= 11 is 0. The third kappa shape index (κ3) is 2.99. The zero-order chi connectivity index (χ0) is 14.5. The fourth-order valence-electron chi connectivity index (χ4n) is 2.26. The van der Waals surface area contributed by atoms with Gasteiger partial charge < -0.3 is 10.5 Å². The van der Waals surface area contributed by atoms with Crippen molar-refractivity contribution in [2.24, 2.45) is 0 Å². The first kappa shape index (κ1) is 14.1. The second-order valence-electron chi connectivity index (χ2n) is 4.72. The van der Waals surface area contributed by atoms with Gasteiger partial charge in [0.25, 0.3) is 0 Å². The normalized spacial score (nSPS) is 11.9. The van der Waals surface area contributed by atoms with Crippen LogP contribution in [0.5, 0.6) is 5.75 Å². The first-order valence-corrected chi connectivity index (χ1v) is 6.69. The number of rotatable bonds is 5. The summed E-state index contributed by atoms with van der Waals surface area (Å²) in [5.74, 6) is 0.742. The monoisotopic (exact) mass is 269 g/mol. The summed E-state index contributed by atoms with van der Waals surface area (Å²) < 4.78 is 5.11. The van der Waals surface area contributed by atoms with Gasteiger partial charge in [-0.1, -0.05) is 19.1 Å². The summed E-state index contributed by atoms with van der Waals surface area (Å²) in [6.07, 6.45) is 0.759. The van der Waals surface area contributed by atoms with Gasteiger partial charge in [0, 0.05) is 17.2 Å². The zero-order valence-corrected chi connectivity index (χ0v) is 11.8. The van der Waals surface area contributed by atoms with Gasteiger partial charge in [0.15, 0.2) is 5.78 Å². The molecule has 0 aromatic heterocycles. The van der Waals surface area contributed by atoms with Crippen LogP contribution in [0.25, 0.3) is 0 Å². The summed E-state index contributed by atoms with van der Waals surface area (Å²) in [4.78, 5) is 12.6. The van der Waals surface area contributed by atoms with Gasteiger partial charge in [0.1, 0.15) is 5.75 Å². The summed E-state index contributed by atoms with van der Waals surface area (Å²) in [5.41, 5.74) is 8.10. The van der Waals surface area contributed by atoms with E-state index in [-0.39, 0.29) is 11.7 Å². The van der Waals surface area contributed by atoms with Crippen LogP contribution in [0.15, 0.2) is 48.5 Å². The molecule has 0 saturated heterocycles. The molecule has 0 saturated carbocycles. The van der Waals surface area contributed by atoms with Crippen LogP contribution in [-0.2, 0) is 0 Å². The van der Waals surface area contributed by atoms with Gasteiger partial charge in [-0.3, -0.25) is 4.79 Å². The van der Waals surface area contributed by atoms with Gasteiger partial charge in [-0.2, -0.15) is 0 Å². The number of nitrogens with two attached hydrogens (primary N) is 1. The lowest BCUT2D eigenvalue weighted by Gasteiger charge is -2.14. The Balaban J connectivity index is 2.26. The lowest BCUT2D eigenvalue weighted by Crippen LogP contribution is -2.12. The molecule has 0 spiro atoms. The van der Waals surface area contributed by atoms with E-state index in [0.717, 1.165) is 17.7 Å². The van der Waals surface area contributed by atoms with Crippen molar-refractivity contribution < 1.29 is 9.53 Å². The van der Waals surface area contributed by atoms with Crippen molar-refractivity contribution in [1.82, 2.24) is 0 Å². The van der Waals surface area contributed by atoms with Gasteiger partial charge in [-0.25, -0.2) is 0 Å². The molecule has 2 rings (SSSR count). The Morgan fingerprint density at radius 1 is 1.10 bits per heavy atom. The SMILES string of the molecule is CCC(C(=O)c1ccc(OC)cc1)c1ccc(N)cc1. The number of nitrogen functional groups attached to an aromatic ring is 1. The Morgan fingerprint density at radius 3 is 2.20 bits per heavy atom. The number of carbonyl (C=O) groups is 1. The van der Waals surface area contributed by atoms with Gasteiger partial charge >= 0.3 is 0 Å². The van der Waals surface area contributed by atoms with E-state index in [1.807, 2.05) is 43.3 Å². The average Bonchev–Trinajstić information content (AvgIpc) is 2.50. The number of anilines is 1. The number of hydrogen-bond donors (Lipinski definition) is 1. The highest BCUT2D eigenvalue weighted by atomic mass is 16.5. The third-order valence-corrected chi connectivity index (χ3v) is 3.44. The second-order valence-corrected chi connectivity index (χ2v) is 4.72. The van der Waals surface area contributed by atoms with E-state index < -0.39 is 0 Å². The lowest BCUT2D eigenvalue weighted by atomic mass is 9.88. The predicted molar refractivity (Wildman–Crippen MR) is 81.2 cm³/mol. The number of hydrogen-bond acceptors (Lipinski definition) is 3. The molecule has 0 aliphatic heterocycles. The largest absolute Gasteiger partial charge is 0.497 e. The molecule has 0 aliphatic carbocycles. The number of carbonyl (C=O) groups excluding carboxylic acids is 1. The second kappa shape index (κ2) is 6.24. The molecule has 104 valence electrons. The molecule has 3 heteroatoms. The molecule has 2 aromatic rings. The smallest absolute Gasteiger partial charge is 0.170 e. The maximum atomic E-state index is 12.6. The minimum absolute atomic E-state index is 0.125. The summed E-state index contributed by atoms with van der Waals surface area (Å²) in [5, 5.41) is 0. The van der Waals surface area contributed by atoms with Crippen molar-refractivity contribution in [3.8, 4) is 5.75 Å². The maximum absolute atomic E-state index is 12.6. The quantitative estimate of drug-likeness (QED) is 0.665. The van der Waals surface area contributed by atoms with Crippen LogP contribution in [-0.4, -0.2) is 12.9 Å². The van der Waals surface area contributed by atoms with Crippen LogP contribution in [0.3, 0.4) is 0 Å². The van der Waals surface area contributed by atoms with Crippen LogP contribution in [0.4, 0.5) is 5.69 Å². The van der Waals surface area contributed by atoms with Gasteiger partial charge in [-0.15, -0.1) is 0 Å². The number of benzene rings is 2. The number of methoxy groups -OCH3 is 1. The van der Waals surface area contributed by atoms with E-state index in [2.05, 4.69) is 0 Å². The molecule has 1 atom stereocenters. The van der Waals surface area contributed by atoms with Gasteiger partial charge in [-0.05, 0) is 48.4 Å². The Kier molecular flexibility index (Phi) is 4.41. The summed E-state index contributed by atoms with van der Waals surface area (Å²) in [6, 6.07) is 14.7.